The van der Waals surface area contributed by atoms with Gasteiger partial charge in [0.25, 0.3) is 0 Å². The average molecular weight is 230 g/mol. The molecular formula is C17H26. The van der Waals surface area contributed by atoms with E-state index in [0.717, 1.165) is 11.8 Å². The molecule has 1 aromatic rings. The summed E-state index contributed by atoms with van der Waals surface area (Å²) in [4.78, 5) is 0. The molecule has 0 heterocycles. The molecule has 0 heteroatoms. The van der Waals surface area contributed by atoms with Crippen LogP contribution in [0.15, 0.2) is 18.2 Å². The van der Waals surface area contributed by atoms with Crippen molar-refractivity contribution in [2.24, 2.45) is 5.92 Å². The lowest BCUT2D eigenvalue weighted by atomic mass is 9.70. The highest BCUT2D eigenvalue weighted by atomic mass is 14.3. The van der Waals surface area contributed by atoms with Crippen molar-refractivity contribution in [3.63, 3.8) is 0 Å². The molecule has 1 aromatic carbocycles. The summed E-state index contributed by atoms with van der Waals surface area (Å²) in [7, 11) is 0. The Bertz CT molecular complexity index is 393. The Kier molecular flexibility index (Phi) is 3.34. The van der Waals surface area contributed by atoms with Crippen LogP contribution >= 0.6 is 0 Å². The van der Waals surface area contributed by atoms with E-state index in [1.165, 1.54) is 19.3 Å². The summed E-state index contributed by atoms with van der Waals surface area (Å²) in [5, 5.41) is 0. The second-order valence-corrected chi connectivity index (χ2v) is 6.87. The molecule has 0 spiro atoms. The standard InChI is InChI=1S/C17H26/c1-12(2)14-10-6-8-13-9-7-11-15(16(13)14)17(3,4)5/h7,9,11-12,14H,6,8,10H2,1-5H3. The largest absolute Gasteiger partial charge is 0.0622 e. The summed E-state index contributed by atoms with van der Waals surface area (Å²) in [6, 6.07) is 6.95. The molecule has 0 amide bonds. The van der Waals surface area contributed by atoms with Crippen molar-refractivity contribution in [3.05, 3.63) is 34.9 Å². The summed E-state index contributed by atoms with van der Waals surface area (Å²) < 4.78 is 0. The third-order valence-corrected chi connectivity index (χ3v) is 4.14. The maximum absolute atomic E-state index is 2.37. The first kappa shape index (κ1) is 12.7. The maximum Gasteiger partial charge on any atom is -0.0129 e. The second-order valence-electron chi connectivity index (χ2n) is 6.87. The van der Waals surface area contributed by atoms with Gasteiger partial charge in [-0.25, -0.2) is 0 Å². The topological polar surface area (TPSA) is 0 Å². The first-order valence-corrected chi connectivity index (χ1v) is 7.03. The molecule has 94 valence electrons. The molecule has 1 aliphatic rings. The normalized spacial score (nSPS) is 20.5. The molecule has 0 saturated carbocycles. The zero-order valence-electron chi connectivity index (χ0n) is 12.0. The van der Waals surface area contributed by atoms with Crippen molar-refractivity contribution >= 4 is 0 Å². The van der Waals surface area contributed by atoms with E-state index >= 15 is 0 Å². The number of benzene rings is 1. The number of hydrogen-bond donors (Lipinski definition) is 0. The van der Waals surface area contributed by atoms with E-state index in [2.05, 4.69) is 52.8 Å². The van der Waals surface area contributed by atoms with Gasteiger partial charge < -0.3 is 0 Å². The van der Waals surface area contributed by atoms with Crippen LogP contribution in [0.5, 0.6) is 0 Å². The van der Waals surface area contributed by atoms with Crippen molar-refractivity contribution in [1.29, 1.82) is 0 Å². The zero-order valence-corrected chi connectivity index (χ0v) is 12.0. The Morgan fingerprint density at radius 1 is 1.18 bits per heavy atom. The predicted molar refractivity (Wildman–Crippen MR) is 75.7 cm³/mol. The van der Waals surface area contributed by atoms with Gasteiger partial charge in [0.15, 0.2) is 0 Å². The van der Waals surface area contributed by atoms with E-state index in [4.69, 9.17) is 0 Å². The van der Waals surface area contributed by atoms with Crippen LogP contribution in [0, 0.1) is 5.92 Å². The molecule has 1 aliphatic carbocycles. The van der Waals surface area contributed by atoms with Gasteiger partial charge >= 0.3 is 0 Å². The third-order valence-electron chi connectivity index (χ3n) is 4.14. The van der Waals surface area contributed by atoms with Gasteiger partial charge in [0.05, 0.1) is 0 Å². The van der Waals surface area contributed by atoms with Crippen LogP contribution in [0.4, 0.5) is 0 Å². The number of rotatable bonds is 1. The van der Waals surface area contributed by atoms with Crippen LogP contribution < -0.4 is 0 Å². The first-order valence-electron chi connectivity index (χ1n) is 7.03. The molecule has 0 saturated heterocycles. The second kappa shape index (κ2) is 4.48. The van der Waals surface area contributed by atoms with Gasteiger partial charge in [0.1, 0.15) is 0 Å². The summed E-state index contributed by atoms with van der Waals surface area (Å²) in [6.45, 7) is 11.8. The Morgan fingerprint density at radius 3 is 2.47 bits per heavy atom. The minimum Gasteiger partial charge on any atom is -0.0622 e. The number of fused-ring (bicyclic) bond motifs is 1. The summed E-state index contributed by atoms with van der Waals surface area (Å²) >= 11 is 0. The minimum atomic E-state index is 0.274. The van der Waals surface area contributed by atoms with Crippen LogP contribution in [0.2, 0.25) is 0 Å². The van der Waals surface area contributed by atoms with Gasteiger partial charge in [-0.3, -0.25) is 0 Å². The molecule has 1 atom stereocenters. The molecule has 17 heavy (non-hydrogen) atoms. The highest BCUT2D eigenvalue weighted by Gasteiger charge is 2.29. The summed E-state index contributed by atoms with van der Waals surface area (Å²) in [5.74, 6) is 1.53. The molecule has 0 aromatic heterocycles. The Hall–Kier alpha value is -0.780. The minimum absolute atomic E-state index is 0.274. The third kappa shape index (κ3) is 2.41. The molecule has 1 unspecified atom stereocenters. The highest BCUT2D eigenvalue weighted by molar-refractivity contribution is 5.43. The Morgan fingerprint density at radius 2 is 1.88 bits per heavy atom. The SMILES string of the molecule is CC(C)C1CCCc2cccc(C(C)(C)C)c21. The van der Waals surface area contributed by atoms with Crippen LogP contribution in [0.3, 0.4) is 0 Å². The Labute approximate surface area is 106 Å². The van der Waals surface area contributed by atoms with Gasteiger partial charge in [0.2, 0.25) is 0 Å². The summed E-state index contributed by atoms with van der Waals surface area (Å²) in [5.41, 5.74) is 5.15. The average Bonchev–Trinajstić information content (AvgIpc) is 2.26. The molecule has 0 N–H and O–H groups in total. The monoisotopic (exact) mass is 230 g/mol. The van der Waals surface area contributed by atoms with Crippen LogP contribution in [-0.2, 0) is 11.8 Å². The first-order chi connectivity index (χ1) is 7.91. The molecular weight excluding hydrogens is 204 g/mol. The lowest BCUT2D eigenvalue weighted by Gasteiger charge is -2.34. The van der Waals surface area contributed by atoms with E-state index in [9.17, 15) is 0 Å². The zero-order chi connectivity index (χ0) is 12.6. The lowest BCUT2D eigenvalue weighted by Crippen LogP contribution is -2.22. The van der Waals surface area contributed by atoms with E-state index < -0.39 is 0 Å². The predicted octanol–water partition coefficient (Wildman–Crippen LogP) is 5.06. The van der Waals surface area contributed by atoms with Crippen molar-refractivity contribution in [1.82, 2.24) is 0 Å². The number of aryl methyl sites for hydroxylation is 1. The van der Waals surface area contributed by atoms with Gasteiger partial charge in [-0.05, 0) is 53.2 Å². The van der Waals surface area contributed by atoms with E-state index in [-0.39, 0.29) is 5.41 Å². The highest BCUT2D eigenvalue weighted by Crippen LogP contribution is 2.42. The molecule has 0 aliphatic heterocycles. The van der Waals surface area contributed by atoms with Crippen molar-refractivity contribution in [2.45, 2.75) is 65.2 Å². The van der Waals surface area contributed by atoms with Crippen LogP contribution in [0.1, 0.15) is 70.1 Å². The van der Waals surface area contributed by atoms with Gasteiger partial charge in [-0.2, -0.15) is 0 Å². The molecule has 0 radical (unpaired) electrons. The van der Waals surface area contributed by atoms with E-state index in [0.29, 0.717) is 0 Å². The molecule has 2 rings (SSSR count). The smallest absolute Gasteiger partial charge is 0.0129 e. The maximum atomic E-state index is 2.37. The fourth-order valence-corrected chi connectivity index (χ4v) is 3.25. The Balaban J connectivity index is 2.57. The van der Waals surface area contributed by atoms with E-state index in [1.54, 1.807) is 16.7 Å². The summed E-state index contributed by atoms with van der Waals surface area (Å²) in [6.07, 6.45) is 4.02. The number of hydrogen-bond acceptors (Lipinski definition) is 0. The molecule has 0 bridgehead atoms. The van der Waals surface area contributed by atoms with Gasteiger partial charge in [0, 0.05) is 0 Å². The van der Waals surface area contributed by atoms with Crippen molar-refractivity contribution in [2.75, 3.05) is 0 Å². The molecule has 0 fully saturated rings. The molecule has 0 nitrogen and oxygen atoms in total. The van der Waals surface area contributed by atoms with Gasteiger partial charge in [-0.15, -0.1) is 0 Å². The van der Waals surface area contributed by atoms with Crippen LogP contribution in [0.25, 0.3) is 0 Å². The quantitative estimate of drug-likeness (QED) is 0.632. The van der Waals surface area contributed by atoms with E-state index in [1.807, 2.05) is 0 Å². The van der Waals surface area contributed by atoms with Crippen molar-refractivity contribution < 1.29 is 0 Å². The van der Waals surface area contributed by atoms with Crippen molar-refractivity contribution in [3.8, 4) is 0 Å². The van der Waals surface area contributed by atoms with Gasteiger partial charge in [-0.1, -0.05) is 52.8 Å². The fourth-order valence-electron chi connectivity index (χ4n) is 3.25. The fraction of sp³-hybridized carbons (Fsp3) is 0.647. The lowest BCUT2D eigenvalue weighted by molar-refractivity contribution is 0.421. The van der Waals surface area contributed by atoms with Crippen LogP contribution in [-0.4, -0.2) is 0 Å².